The molecule has 94 valence electrons. The molecule has 0 aromatic carbocycles. The van der Waals surface area contributed by atoms with Gasteiger partial charge in [-0.2, -0.15) is 4.39 Å². The number of aromatic nitrogens is 1. The molecule has 0 spiro atoms. The highest BCUT2D eigenvalue weighted by molar-refractivity contribution is 7.88. The van der Waals surface area contributed by atoms with Crippen LogP contribution in [0.15, 0.2) is 18.3 Å². The summed E-state index contributed by atoms with van der Waals surface area (Å²) in [5.74, 6) is -1.23. The van der Waals surface area contributed by atoms with Gasteiger partial charge in [-0.15, -0.1) is 0 Å². The van der Waals surface area contributed by atoms with Crippen molar-refractivity contribution in [3.63, 3.8) is 0 Å². The molecule has 0 unspecified atom stereocenters. The van der Waals surface area contributed by atoms with E-state index >= 15 is 0 Å². The molecule has 0 aliphatic heterocycles. The van der Waals surface area contributed by atoms with E-state index in [4.69, 9.17) is 0 Å². The molecule has 17 heavy (non-hydrogen) atoms. The highest BCUT2D eigenvalue weighted by Gasteiger charge is 2.06. The van der Waals surface area contributed by atoms with Gasteiger partial charge in [-0.05, 0) is 6.07 Å². The molecule has 0 aliphatic carbocycles. The number of nitrogens with one attached hydrogen (secondary N) is 2. The first-order chi connectivity index (χ1) is 7.88. The van der Waals surface area contributed by atoms with Crippen molar-refractivity contribution < 1.29 is 17.6 Å². The topological polar surface area (TPSA) is 88.2 Å². The van der Waals surface area contributed by atoms with E-state index in [1.165, 1.54) is 12.3 Å². The predicted molar refractivity (Wildman–Crippen MR) is 59.4 cm³/mol. The Morgan fingerprint density at radius 1 is 1.47 bits per heavy atom. The van der Waals surface area contributed by atoms with E-state index in [2.05, 4.69) is 15.0 Å². The number of amides is 1. The third-order valence-corrected chi connectivity index (χ3v) is 2.49. The molecule has 1 rings (SSSR count). The lowest BCUT2D eigenvalue weighted by Gasteiger charge is -2.05. The lowest BCUT2D eigenvalue weighted by molar-refractivity contribution is 0.0953. The molecule has 1 amide bonds. The number of nitrogens with zero attached hydrogens (tertiary/aromatic N) is 1. The van der Waals surface area contributed by atoms with E-state index < -0.39 is 21.9 Å². The fourth-order valence-corrected chi connectivity index (χ4v) is 1.53. The molecule has 8 heteroatoms. The van der Waals surface area contributed by atoms with Gasteiger partial charge in [0.25, 0.3) is 5.91 Å². The Kier molecular flexibility index (Phi) is 4.53. The molecule has 0 fully saturated rings. The minimum Gasteiger partial charge on any atom is -0.351 e. The van der Waals surface area contributed by atoms with E-state index in [-0.39, 0.29) is 18.7 Å². The fraction of sp³-hybridized carbons (Fsp3) is 0.333. The van der Waals surface area contributed by atoms with Crippen LogP contribution in [0, 0.1) is 5.95 Å². The van der Waals surface area contributed by atoms with Gasteiger partial charge in [0, 0.05) is 30.9 Å². The van der Waals surface area contributed by atoms with Crippen molar-refractivity contribution in [3.05, 3.63) is 29.8 Å². The standard InChI is InChI=1S/C9H12FN3O3S/c1-17(15,16)13-5-4-12-9(14)7-2-3-11-8(10)6-7/h2-3,6,13H,4-5H2,1H3,(H,12,14). The quantitative estimate of drug-likeness (QED) is 0.552. The molecular formula is C9H12FN3O3S. The first kappa shape index (κ1) is 13.5. The van der Waals surface area contributed by atoms with Crippen LogP contribution in [0.2, 0.25) is 0 Å². The van der Waals surface area contributed by atoms with Gasteiger partial charge < -0.3 is 5.32 Å². The van der Waals surface area contributed by atoms with Crippen LogP contribution in [0.4, 0.5) is 4.39 Å². The van der Waals surface area contributed by atoms with Crippen molar-refractivity contribution in [1.82, 2.24) is 15.0 Å². The molecule has 1 aromatic heterocycles. The van der Waals surface area contributed by atoms with Gasteiger partial charge in [-0.3, -0.25) is 4.79 Å². The summed E-state index contributed by atoms with van der Waals surface area (Å²) in [7, 11) is -3.26. The molecule has 0 bridgehead atoms. The van der Waals surface area contributed by atoms with Crippen molar-refractivity contribution in [1.29, 1.82) is 0 Å². The summed E-state index contributed by atoms with van der Waals surface area (Å²) in [4.78, 5) is 14.8. The van der Waals surface area contributed by atoms with Crippen LogP contribution >= 0.6 is 0 Å². The maximum absolute atomic E-state index is 12.7. The van der Waals surface area contributed by atoms with Gasteiger partial charge >= 0.3 is 0 Å². The van der Waals surface area contributed by atoms with Crippen LogP contribution in [0.1, 0.15) is 10.4 Å². The number of hydrogen-bond acceptors (Lipinski definition) is 4. The van der Waals surface area contributed by atoms with Crippen LogP contribution in [0.25, 0.3) is 0 Å². The fourth-order valence-electron chi connectivity index (χ4n) is 1.06. The first-order valence-electron chi connectivity index (χ1n) is 4.73. The zero-order valence-electron chi connectivity index (χ0n) is 9.10. The molecule has 0 saturated carbocycles. The van der Waals surface area contributed by atoms with Crippen molar-refractivity contribution in [2.24, 2.45) is 0 Å². The highest BCUT2D eigenvalue weighted by Crippen LogP contribution is 1.99. The van der Waals surface area contributed by atoms with Crippen LogP contribution in [-0.2, 0) is 10.0 Å². The van der Waals surface area contributed by atoms with E-state index in [1.807, 2.05) is 0 Å². The second-order valence-electron chi connectivity index (χ2n) is 3.29. The lowest BCUT2D eigenvalue weighted by Crippen LogP contribution is -2.34. The van der Waals surface area contributed by atoms with Gasteiger partial charge in [0.2, 0.25) is 16.0 Å². The monoisotopic (exact) mass is 261 g/mol. The summed E-state index contributed by atoms with van der Waals surface area (Å²) >= 11 is 0. The Morgan fingerprint density at radius 3 is 2.76 bits per heavy atom. The average Bonchev–Trinajstić information content (AvgIpc) is 2.23. The zero-order chi connectivity index (χ0) is 12.9. The van der Waals surface area contributed by atoms with Gasteiger partial charge in [-0.25, -0.2) is 18.1 Å². The summed E-state index contributed by atoms with van der Waals surface area (Å²) in [6.07, 6.45) is 2.20. The third kappa shape index (κ3) is 5.36. The van der Waals surface area contributed by atoms with Gasteiger partial charge in [0.1, 0.15) is 0 Å². The Hall–Kier alpha value is -1.54. The third-order valence-electron chi connectivity index (χ3n) is 1.76. The molecule has 0 atom stereocenters. The Morgan fingerprint density at radius 2 is 2.18 bits per heavy atom. The van der Waals surface area contributed by atoms with Gasteiger partial charge in [0.05, 0.1) is 6.26 Å². The summed E-state index contributed by atoms with van der Waals surface area (Å²) in [6, 6.07) is 2.36. The van der Waals surface area contributed by atoms with E-state index in [0.717, 1.165) is 12.3 Å². The number of hydrogen-bond donors (Lipinski definition) is 2. The second kappa shape index (κ2) is 5.69. The Bertz CT molecular complexity index is 504. The van der Waals surface area contributed by atoms with E-state index in [0.29, 0.717) is 0 Å². The van der Waals surface area contributed by atoms with E-state index in [1.54, 1.807) is 0 Å². The van der Waals surface area contributed by atoms with Crippen LogP contribution < -0.4 is 10.0 Å². The molecule has 0 radical (unpaired) electrons. The summed E-state index contributed by atoms with van der Waals surface area (Å²) < 4.78 is 36.3. The number of halogens is 1. The number of rotatable bonds is 5. The smallest absolute Gasteiger partial charge is 0.251 e. The highest BCUT2D eigenvalue weighted by atomic mass is 32.2. The zero-order valence-corrected chi connectivity index (χ0v) is 9.92. The number of pyridine rings is 1. The first-order valence-corrected chi connectivity index (χ1v) is 6.62. The maximum atomic E-state index is 12.7. The van der Waals surface area contributed by atoms with E-state index in [9.17, 15) is 17.6 Å². The molecule has 1 aromatic rings. The number of carbonyl (C=O) groups is 1. The van der Waals surface area contributed by atoms with Crippen molar-refractivity contribution >= 4 is 15.9 Å². The summed E-state index contributed by atoms with van der Waals surface area (Å²) in [5, 5.41) is 2.44. The molecule has 0 aliphatic rings. The van der Waals surface area contributed by atoms with Crippen molar-refractivity contribution in [3.8, 4) is 0 Å². The van der Waals surface area contributed by atoms with Crippen LogP contribution in [-0.4, -0.2) is 38.7 Å². The Balaban J connectivity index is 2.41. The molecule has 2 N–H and O–H groups in total. The summed E-state index contributed by atoms with van der Waals surface area (Å²) in [6.45, 7) is 0.202. The molecular weight excluding hydrogens is 249 g/mol. The minimum absolute atomic E-state index is 0.0815. The lowest BCUT2D eigenvalue weighted by atomic mass is 10.2. The largest absolute Gasteiger partial charge is 0.351 e. The average molecular weight is 261 g/mol. The van der Waals surface area contributed by atoms with Gasteiger partial charge in [-0.1, -0.05) is 0 Å². The van der Waals surface area contributed by atoms with Crippen LogP contribution in [0.3, 0.4) is 0 Å². The SMILES string of the molecule is CS(=O)(=O)NCCNC(=O)c1ccnc(F)c1. The minimum atomic E-state index is -3.26. The van der Waals surface area contributed by atoms with Crippen molar-refractivity contribution in [2.75, 3.05) is 19.3 Å². The number of carbonyl (C=O) groups excluding carboxylic acids is 1. The van der Waals surface area contributed by atoms with Gasteiger partial charge in [0.15, 0.2) is 0 Å². The summed E-state index contributed by atoms with van der Waals surface area (Å²) in [5.41, 5.74) is 0.136. The van der Waals surface area contributed by atoms with Crippen LogP contribution in [0.5, 0.6) is 0 Å². The normalized spacial score (nSPS) is 11.2. The molecule has 6 nitrogen and oxygen atoms in total. The molecule has 1 heterocycles. The molecule has 0 saturated heterocycles. The number of sulfonamides is 1. The predicted octanol–water partition coefficient (Wildman–Crippen LogP) is -0.500. The van der Waals surface area contributed by atoms with Crippen molar-refractivity contribution in [2.45, 2.75) is 0 Å². The Labute approximate surface area is 98.3 Å². The maximum Gasteiger partial charge on any atom is 0.251 e. The second-order valence-corrected chi connectivity index (χ2v) is 5.12.